The van der Waals surface area contributed by atoms with Gasteiger partial charge in [0.05, 0.1) is 18.8 Å². The molecule has 0 saturated heterocycles. The van der Waals surface area contributed by atoms with Gasteiger partial charge in [0.2, 0.25) is 0 Å². The summed E-state index contributed by atoms with van der Waals surface area (Å²) in [7, 11) is 3.77. The maximum Gasteiger partial charge on any atom is 0.194 e. The molecule has 2 atom stereocenters. The molecular formula is C18H35N5OS. The molecule has 0 bridgehead atoms. The number of nitrogens with one attached hydrogen (secondary N) is 1. The number of nitrogens with zero attached hydrogens (tertiary/aromatic N) is 4. The van der Waals surface area contributed by atoms with E-state index in [-0.39, 0.29) is 6.10 Å². The Bertz CT molecular complexity index is 515. The van der Waals surface area contributed by atoms with Crippen LogP contribution in [0.1, 0.15) is 51.4 Å². The normalized spacial score (nSPS) is 14.6. The fraction of sp³-hybridized carbons (Fsp3) is 0.778. The van der Waals surface area contributed by atoms with Crippen LogP contribution in [0.2, 0.25) is 0 Å². The van der Waals surface area contributed by atoms with Gasteiger partial charge in [-0.15, -0.1) is 11.3 Å². The third-order valence-electron chi connectivity index (χ3n) is 4.31. The van der Waals surface area contributed by atoms with Crippen molar-refractivity contribution in [3.8, 4) is 0 Å². The zero-order chi connectivity index (χ0) is 18.8. The van der Waals surface area contributed by atoms with E-state index in [4.69, 9.17) is 9.73 Å². The molecule has 0 aliphatic heterocycles. The molecule has 7 heteroatoms. The molecule has 1 rings (SSSR count). The molecule has 0 spiro atoms. The van der Waals surface area contributed by atoms with Crippen LogP contribution in [0.15, 0.2) is 10.4 Å². The van der Waals surface area contributed by atoms with Crippen molar-refractivity contribution in [3.63, 3.8) is 0 Å². The van der Waals surface area contributed by atoms with E-state index in [0.29, 0.717) is 6.04 Å². The third kappa shape index (κ3) is 6.92. The zero-order valence-corrected chi connectivity index (χ0v) is 17.7. The second-order valence-electron chi connectivity index (χ2n) is 6.18. The number of thiazole rings is 1. The fourth-order valence-electron chi connectivity index (χ4n) is 2.65. The van der Waals surface area contributed by atoms with Gasteiger partial charge in [-0.25, -0.2) is 4.98 Å². The van der Waals surface area contributed by atoms with E-state index in [9.17, 15) is 0 Å². The van der Waals surface area contributed by atoms with Crippen LogP contribution in [0.5, 0.6) is 0 Å². The van der Waals surface area contributed by atoms with E-state index < -0.39 is 0 Å². The number of methoxy groups -OCH3 is 1. The summed E-state index contributed by atoms with van der Waals surface area (Å²) in [5.74, 6) is 0.927. The van der Waals surface area contributed by atoms with E-state index >= 15 is 0 Å². The van der Waals surface area contributed by atoms with Crippen LogP contribution in [0, 0.1) is 0 Å². The van der Waals surface area contributed by atoms with Crippen molar-refractivity contribution in [1.82, 2.24) is 20.1 Å². The predicted octanol–water partition coefficient (Wildman–Crippen LogP) is 2.98. The quantitative estimate of drug-likeness (QED) is 0.508. The smallest absolute Gasteiger partial charge is 0.194 e. The van der Waals surface area contributed by atoms with E-state index in [1.807, 2.05) is 6.92 Å². The van der Waals surface area contributed by atoms with Crippen LogP contribution in [0.4, 0.5) is 0 Å². The monoisotopic (exact) mass is 369 g/mol. The lowest BCUT2D eigenvalue weighted by molar-refractivity contribution is 0.119. The summed E-state index contributed by atoms with van der Waals surface area (Å²) in [5, 5.41) is 6.50. The second-order valence-corrected chi connectivity index (χ2v) is 7.07. The molecule has 0 radical (unpaired) electrons. The molecule has 1 aromatic rings. The summed E-state index contributed by atoms with van der Waals surface area (Å²) in [6, 6.07) is 0.436. The van der Waals surface area contributed by atoms with Gasteiger partial charge in [-0.05, 0) is 33.9 Å². The fourth-order valence-corrected chi connectivity index (χ4v) is 3.49. The van der Waals surface area contributed by atoms with Gasteiger partial charge in [-0.3, -0.25) is 9.89 Å². The minimum absolute atomic E-state index is 0.0425. The number of hydrogen-bond donors (Lipinski definition) is 1. The SMILES string of the molecule is CCNC(=NCC(C)N(CC)CC)N(C)Cc1csc(C(C)OC)n1. The average Bonchev–Trinajstić information content (AvgIpc) is 3.07. The first kappa shape index (κ1) is 21.9. The Balaban J connectivity index is 2.73. The van der Waals surface area contributed by atoms with Gasteiger partial charge in [0.15, 0.2) is 5.96 Å². The number of likely N-dealkylation sites (N-methyl/N-ethyl adjacent to an activating group) is 1. The summed E-state index contributed by atoms with van der Waals surface area (Å²) in [4.78, 5) is 14.1. The lowest BCUT2D eigenvalue weighted by atomic mass is 10.3. The maximum absolute atomic E-state index is 5.34. The van der Waals surface area contributed by atoms with Gasteiger partial charge in [0.25, 0.3) is 0 Å². The number of aromatic nitrogens is 1. The summed E-state index contributed by atoms with van der Waals surface area (Å²) in [6.45, 7) is 15.2. The van der Waals surface area contributed by atoms with Gasteiger partial charge in [-0.1, -0.05) is 13.8 Å². The summed E-state index contributed by atoms with van der Waals surface area (Å²) < 4.78 is 5.34. The van der Waals surface area contributed by atoms with E-state index in [2.05, 4.69) is 60.2 Å². The van der Waals surface area contributed by atoms with Crippen LogP contribution >= 0.6 is 11.3 Å². The number of rotatable bonds is 10. The molecule has 0 saturated carbocycles. The van der Waals surface area contributed by atoms with Crippen molar-refractivity contribution < 1.29 is 4.74 Å². The topological polar surface area (TPSA) is 53.0 Å². The number of guanidine groups is 1. The molecule has 1 N–H and O–H groups in total. The van der Waals surface area contributed by atoms with E-state index in [1.165, 1.54) is 0 Å². The van der Waals surface area contributed by atoms with Crippen molar-refractivity contribution >= 4 is 17.3 Å². The van der Waals surface area contributed by atoms with Gasteiger partial charge < -0.3 is 15.0 Å². The first-order valence-electron chi connectivity index (χ1n) is 9.17. The summed E-state index contributed by atoms with van der Waals surface area (Å²) in [6.07, 6.45) is 0.0425. The molecule has 25 heavy (non-hydrogen) atoms. The van der Waals surface area contributed by atoms with Crippen molar-refractivity contribution in [2.75, 3.05) is 40.3 Å². The Morgan fingerprint density at radius 1 is 1.32 bits per heavy atom. The summed E-state index contributed by atoms with van der Waals surface area (Å²) in [5.41, 5.74) is 1.05. The Morgan fingerprint density at radius 3 is 2.56 bits per heavy atom. The van der Waals surface area contributed by atoms with Crippen LogP contribution in [-0.4, -0.2) is 67.1 Å². The average molecular weight is 370 g/mol. The summed E-state index contributed by atoms with van der Waals surface area (Å²) >= 11 is 1.65. The molecule has 0 amide bonds. The number of ether oxygens (including phenoxy) is 1. The van der Waals surface area contributed by atoms with Gasteiger partial charge in [0.1, 0.15) is 11.1 Å². The number of hydrogen-bond acceptors (Lipinski definition) is 5. The van der Waals surface area contributed by atoms with Crippen molar-refractivity contribution in [3.05, 3.63) is 16.1 Å². The number of aliphatic imine (C=N–C) groups is 1. The van der Waals surface area contributed by atoms with Gasteiger partial charge in [0, 0.05) is 32.1 Å². The van der Waals surface area contributed by atoms with Crippen molar-refractivity contribution in [1.29, 1.82) is 0 Å². The molecule has 1 aromatic heterocycles. The van der Waals surface area contributed by atoms with Crippen LogP contribution in [0.25, 0.3) is 0 Å². The highest BCUT2D eigenvalue weighted by Gasteiger charge is 2.14. The molecule has 2 unspecified atom stereocenters. The largest absolute Gasteiger partial charge is 0.375 e. The van der Waals surface area contributed by atoms with E-state index in [1.54, 1.807) is 18.4 Å². The van der Waals surface area contributed by atoms with Crippen LogP contribution in [0.3, 0.4) is 0 Å². The Kier molecular flexibility index (Phi) is 10.0. The Hall–Kier alpha value is -1.18. The standard InChI is InChI=1S/C18H35N5OS/c1-8-19-18(20-11-14(4)23(9-2)10-3)22(6)12-16-13-25-17(21-16)15(5)24-7/h13-15H,8-12H2,1-7H3,(H,19,20). The molecule has 1 heterocycles. The highest BCUT2D eigenvalue weighted by molar-refractivity contribution is 7.09. The lowest BCUT2D eigenvalue weighted by Gasteiger charge is -2.26. The minimum atomic E-state index is 0.0425. The maximum atomic E-state index is 5.34. The minimum Gasteiger partial charge on any atom is -0.375 e. The predicted molar refractivity (Wildman–Crippen MR) is 107 cm³/mol. The zero-order valence-electron chi connectivity index (χ0n) is 16.9. The lowest BCUT2D eigenvalue weighted by Crippen LogP contribution is -2.40. The van der Waals surface area contributed by atoms with Crippen LogP contribution < -0.4 is 5.32 Å². The molecule has 0 aliphatic rings. The van der Waals surface area contributed by atoms with Crippen molar-refractivity contribution in [2.24, 2.45) is 4.99 Å². The molecule has 0 aromatic carbocycles. The Morgan fingerprint density at radius 2 is 2.00 bits per heavy atom. The highest BCUT2D eigenvalue weighted by Crippen LogP contribution is 2.20. The highest BCUT2D eigenvalue weighted by atomic mass is 32.1. The van der Waals surface area contributed by atoms with Gasteiger partial charge >= 0.3 is 0 Å². The second kappa shape index (κ2) is 11.4. The molecule has 144 valence electrons. The Labute approximate surface area is 157 Å². The first-order valence-corrected chi connectivity index (χ1v) is 10.0. The van der Waals surface area contributed by atoms with Crippen molar-refractivity contribution in [2.45, 2.75) is 53.3 Å². The van der Waals surface area contributed by atoms with E-state index in [0.717, 1.165) is 49.4 Å². The molecule has 0 fully saturated rings. The van der Waals surface area contributed by atoms with Gasteiger partial charge in [-0.2, -0.15) is 0 Å². The molecular weight excluding hydrogens is 334 g/mol. The third-order valence-corrected chi connectivity index (χ3v) is 5.36. The first-order chi connectivity index (χ1) is 12.0. The molecule has 6 nitrogen and oxygen atoms in total. The van der Waals surface area contributed by atoms with Crippen LogP contribution in [-0.2, 0) is 11.3 Å². The molecule has 0 aliphatic carbocycles.